The smallest absolute Gasteiger partial charge is 0.315 e. The maximum atomic E-state index is 13.9. The summed E-state index contributed by atoms with van der Waals surface area (Å²) in [5.41, 5.74) is 4.44. The molecule has 1 aliphatic heterocycles. The van der Waals surface area contributed by atoms with Crippen LogP contribution < -0.4 is 21.7 Å². The number of amides is 5. The van der Waals surface area contributed by atoms with E-state index in [1.54, 1.807) is 4.90 Å². The molecule has 0 aromatic rings. The molecule has 2 aliphatic carbocycles. The summed E-state index contributed by atoms with van der Waals surface area (Å²) in [4.78, 5) is 65.4. The molecule has 5 amide bonds. The van der Waals surface area contributed by atoms with Gasteiger partial charge in [-0.25, -0.2) is 4.79 Å². The van der Waals surface area contributed by atoms with Gasteiger partial charge in [0.25, 0.3) is 5.91 Å². The van der Waals surface area contributed by atoms with Gasteiger partial charge in [-0.15, -0.1) is 0 Å². The molecule has 10 nitrogen and oxygen atoms in total. The average Bonchev–Trinajstić information content (AvgIpc) is 3.48. The van der Waals surface area contributed by atoms with Gasteiger partial charge in [-0.2, -0.15) is 0 Å². The van der Waals surface area contributed by atoms with Crippen molar-refractivity contribution in [3.05, 3.63) is 0 Å². The molecule has 10 heteroatoms. The first-order valence-corrected chi connectivity index (χ1v) is 12.7. The highest BCUT2D eigenvalue weighted by atomic mass is 16.2. The van der Waals surface area contributed by atoms with Crippen LogP contribution in [0.2, 0.25) is 0 Å². The number of hydrogen-bond acceptors (Lipinski definition) is 5. The Morgan fingerprint density at radius 3 is 2.20 bits per heavy atom. The van der Waals surface area contributed by atoms with E-state index in [1.807, 2.05) is 27.7 Å². The molecule has 0 aromatic carbocycles. The van der Waals surface area contributed by atoms with Crippen molar-refractivity contribution >= 4 is 29.5 Å². The number of fused-ring (bicyclic) bond motifs is 1. The van der Waals surface area contributed by atoms with Crippen molar-refractivity contribution in [1.29, 1.82) is 0 Å². The van der Waals surface area contributed by atoms with Gasteiger partial charge in [-0.05, 0) is 48.3 Å². The predicted octanol–water partition coefficient (Wildman–Crippen LogP) is 1.08. The Kier molecular flexibility index (Phi) is 7.53. The van der Waals surface area contributed by atoms with Gasteiger partial charge in [0, 0.05) is 12.6 Å². The molecule has 3 aliphatic rings. The Labute approximate surface area is 207 Å². The number of carbonyl (C=O) groups excluding carboxylic acids is 5. The lowest BCUT2D eigenvalue weighted by atomic mass is 9.55. The van der Waals surface area contributed by atoms with Crippen LogP contribution in [0, 0.1) is 22.7 Å². The lowest BCUT2D eigenvalue weighted by Gasteiger charge is -2.49. The summed E-state index contributed by atoms with van der Waals surface area (Å²) in [6.45, 7) is 12.0. The van der Waals surface area contributed by atoms with Crippen LogP contribution in [-0.4, -0.2) is 65.1 Å². The SMILES string of the molecule is CCCC(NC(=O)[C@@H]1[C@@H]2[C@H](CN1C(=O)[C@@H](NC(=O)NC1CC1)C(C)(C)C)CC2(C)C)C(=O)C(N)=O. The monoisotopic (exact) mass is 491 g/mol. The Bertz CT molecular complexity index is 891. The second kappa shape index (κ2) is 9.78. The number of nitrogens with zero attached hydrogens (tertiary/aromatic N) is 1. The fourth-order valence-corrected chi connectivity index (χ4v) is 5.76. The molecule has 0 bridgehead atoms. The van der Waals surface area contributed by atoms with Gasteiger partial charge >= 0.3 is 6.03 Å². The molecular formula is C25H41N5O5. The van der Waals surface area contributed by atoms with E-state index in [0.717, 1.165) is 19.3 Å². The van der Waals surface area contributed by atoms with Gasteiger partial charge in [0.05, 0.1) is 6.04 Å². The summed E-state index contributed by atoms with van der Waals surface area (Å²) in [6.07, 6.45) is 3.58. The molecule has 2 saturated carbocycles. The van der Waals surface area contributed by atoms with Crippen LogP contribution in [0.1, 0.15) is 73.6 Å². The quantitative estimate of drug-likeness (QED) is 0.356. The van der Waals surface area contributed by atoms with Crippen LogP contribution in [0.5, 0.6) is 0 Å². The zero-order valence-electron chi connectivity index (χ0n) is 21.8. The van der Waals surface area contributed by atoms with Crippen LogP contribution in [-0.2, 0) is 19.2 Å². The number of nitrogens with one attached hydrogen (secondary N) is 3. The van der Waals surface area contributed by atoms with E-state index < -0.39 is 41.1 Å². The highest BCUT2D eigenvalue weighted by Gasteiger charge is 2.61. The van der Waals surface area contributed by atoms with Gasteiger partial charge in [-0.1, -0.05) is 48.0 Å². The number of nitrogens with two attached hydrogens (primary N) is 1. The molecule has 0 spiro atoms. The molecule has 35 heavy (non-hydrogen) atoms. The van der Waals surface area contributed by atoms with Gasteiger partial charge < -0.3 is 26.6 Å². The fourth-order valence-electron chi connectivity index (χ4n) is 5.76. The number of rotatable bonds is 9. The number of carbonyl (C=O) groups is 5. The minimum absolute atomic E-state index is 0.0849. The van der Waals surface area contributed by atoms with E-state index in [4.69, 9.17) is 5.73 Å². The van der Waals surface area contributed by atoms with Crippen molar-refractivity contribution in [3.63, 3.8) is 0 Å². The number of urea groups is 1. The summed E-state index contributed by atoms with van der Waals surface area (Å²) < 4.78 is 0. The standard InChI is InChI=1S/C25H41N5O5/c1-7-8-15(18(31)20(26)32)28-21(33)17-16-13(11-25(16,5)6)12-30(17)22(34)19(24(2,3)4)29-23(35)27-14-9-10-14/h13-17,19H,7-12H2,1-6H3,(H2,26,32)(H,28,33)(H2,27,29,35)/t13-,15?,16-,17-,19+/m0/s1. The maximum Gasteiger partial charge on any atom is 0.315 e. The Hall–Kier alpha value is -2.65. The van der Waals surface area contributed by atoms with Crippen LogP contribution in [0.4, 0.5) is 4.79 Å². The van der Waals surface area contributed by atoms with E-state index in [-0.39, 0.29) is 41.7 Å². The molecule has 3 rings (SSSR count). The van der Waals surface area contributed by atoms with Crippen molar-refractivity contribution in [3.8, 4) is 0 Å². The summed E-state index contributed by atoms with van der Waals surface area (Å²) >= 11 is 0. The van der Waals surface area contributed by atoms with Gasteiger partial charge in [0.2, 0.25) is 17.6 Å². The highest BCUT2D eigenvalue weighted by Crippen LogP contribution is 2.57. The summed E-state index contributed by atoms with van der Waals surface area (Å²) in [5, 5.41) is 8.42. The number of Topliss-reactive ketones (excluding diaryl/α,β-unsaturated/α-hetero) is 1. The molecule has 1 unspecified atom stereocenters. The molecule has 5 atom stereocenters. The lowest BCUT2D eigenvalue weighted by Crippen LogP contribution is -2.61. The van der Waals surface area contributed by atoms with E-state index in [1.165, 1.54) is 0 Å². The minimum Gasteiger partial charge on any atom is -0.363 e. The van der Waals surface area contributed by atoms with E-state index in [9.17, 15) is 24.0 Å². The third-order valence-electron chi connectivity index (χ3n) is 7.61. The maximum absolute atomic E-state index is 13.9. The molecule has 0 aromatic heterocycles. The zero-order chi connectivity index (χ0) is 26.3. The van der Waals surface area contributed by atoms with Crippen LogP contribution in [0.25, 0.3) is 0 Å². The normalized spacial score (nSPS) is 26.6. The van der Waals surface area contributed by atoms with E-state index >= 15 is 0 Å². The Morgan fingerprint density at radius 2 is 1.71 bits per heavy atom. The van der Waals surface area contributed by atoms with Crippen LogP contribution in [0.3, 0.4) is 0 Å². The van der Waals surface area contributed by atoms with E-state index in [0.29, 0.717) is 13.0 Å². The zero-order valence-corrected chi connectivity index (χ0v) is 21.8. The molecule has 1 heterocycles. The fraction of sp³-hybridized carbons (Fsp3) is 0.800. The van der Waals surface area contributed by atoms with Crippen LogP contribution in [0.15, 0.2) is 0 Å². The third kappa shape index (κ3) is 5.78. The first-order valence-electron chi connectivity index (χ1n) is 12.7. The highest BCUT2D eigenvalue weighted by molar-refractivity contribution is 6.37. The van der Waals surface area contributed by atoms with Crippen molar-refractivity contribution < 1.29 is 24.0 Å². The van der Waals surface area contributed by atoms with Gasteiger partial charge in [-0.3, -0.25) is 19.2 Å². The van der Waals surface area contributed by atoms with Crippen molar-refractivity contribution in [2.75, 3.05) is 6.54 Å². The minimum atomic E-state index is -1.09. The summed E-state index contributed by atoms with van der Waals surface area (Å²) in [5.74, 6) is -2.64. The predicted molar refractivity (Wildman–Crippen MR) is 130 cm³/mol. The largest absolute Gasteiger partial charge is 0.363 e. The lowest BCUT2D eigenvalue weighted by molar-refractivity contribution is -0.145. The van der Waals surface area contributed by atoms with Crippen molar-refractivity contribution in [2.24, 2.45) is 28.4 Å². The first kappa shape index (κ1) is 26.9. The number of likely N-dealkylation sites (tertiary alicyclic amines) is 1. The summed E-state index contributed by atoms with van der Waals surface area (Å²) in [7, 11) is 0. The second-order valence-corrected chi connectivity index (χ2v) is 12.2. The number of primary amides is 1. The average molecular weight is 492 g/mol. The molecule has 0 radical (unpaired) electrons. The second-order valence-electron chi connectivity index (χ2n) is 12.2. The topological polar surface area (TPSA) is 151 Å². The van der Waals surface area contributed by atoms with E-state index in [2.05, 4.69) is 29.8 Å². The first-order chi connectivity index (χ1) is 16.2. The number of ketones is 1. The van der Waals surface area contributed by atoms with Gasteiger partial charge in [0.15, 0.2) is 0 Å². The third-order valence-corrected chi connectivity index (χ3v) is 7.61. The Morgan fingerprint density at radius 1 is 1.09 bits per heavy atom. The van der Waals surface area contributed by atoms with Crippen LogP contribution >= 0.6 is 0 Å². The van der Waals surface area contributed by atoms with Crippen molar-refractivity contribution in [1.82, 2.24) is 20.9 Å². The Balaban J connectivity index is 1.86. The molecule has 196 valence electrons. The summed E-state index contributed by atoms with van der Waals surface area (Å²) in [6, 6.07) is -2.90. The molecular weight excluding hydrogens is 450 g/mol. The molecule has 1 saturated heterocycles. The van der Waals surface area contributed by atoms with Gasteiger partial charge in [0.1, 0.15) is 12.1 Å². The van der Waals surface area contributed by atoms with Crippen molar-refractivity contribution in [2.45, 2.75) is 97.8 Å². The molecule has 5 N–H and O–H groups in total. The molecule has 3 fully saturated rings. The number of hydrogen-bond donors (Lipinski definition) is 4.